The normalized spacial score (nSPS) is 18.8. The Hall–Kier alpha value is -2.61. The van der Waals surface area contributed by atoms with E-state index in [4.69, 9.17) is 0 Å². The number of piperazine rings is 1. The molecule has 0 saturated carbocycles. The molecular weight excluding hydrogens is 326 g/mol. The number of fused-ring (bicyclic) bond motifs is 1. The smallest absolute Gasteiger partial charge is 0.182 e. The van der Waals surface area contributed by atoms with Crippen molar-refractivity contribution in [2.75, 3.05) is 24.5 Å². The lowest BCUT2D eigenvalue weighted by Gasteiger charge is -2.40. The Labute approximate surface area is 143 Å². The molecule has 1 aliphatic heterocycles. The highest BCUT2D eigenvalue weighted by Gasteiger charge is 2.26. The number of aromatic amines is 1. The van der Waals surface area contributed by atoms with Gasteiger partial charge in [-0.05, 0) is 24.6 Å². The number of anilines is 1. The zero-order chi connectivity index (χ0) is 17.4. The van der Waals surface area contributed by atoms with Gasteiger partial charge in [0.25, 0.3) is 0 Å². The van der Waals surface area contributed by atoms with Crippen LogP contribution < -0.4 is 4.90 Å². The van der Waals surface area contributed by atoms with Gasteiger partial charge in [-0.2, -0.15) is 0 Å². The summed E-state index contributed by atoms with van der Waals surface area (Å²) in [5.41, 5.74) is 2.13. The molecule has 1 aromatic carbocycles. The average Bonchev–Trinajstić information content (AvgIpc) is 3.04. The van der Waals surface area contributed by atoms with Crippen LogP contribution in [0.4, 0.5) is 14.6 Å². The predicted octanol–water partition coefficient (Wildman–Crippen LogP) is 2.34. The molecule has 1 saturated heterocycles. The summed E-state index contributed by atoms with van der Waals surface area (Å²) in [6.07, 6.45) is 3.13. The van der Waals surface area contributed by atoms with Crippen molar-refractivity contribution in [2.45, 2.75) is 19.5 Å². The molecule has 8 heteroatoms. The fraction of sp³-hybridized carbons (Fsp3) is 0.353. The highest BCUT2D eigenvalue weighted by Crippen LogP contribution is 2.23. The van der Waals surface area contributed by atoms with Crippen molar-refractivity contribution < 1.29 is 8.78 Å². The molecule has 130 valence electrons. The molecule has 1 unspecified atom stereocenters. The number of nitrogens with one attached hydrogen (secondary N) is 1. The summed E-state index contributed by atoms with van der Waals surface area (Å²) in [5.74, 6) is -0.237. The quantitative estimate of drug-likeness (QED) is 0.790. The minimum atomic E-state index is -0.538. The number of rotatable bonds is 3. The van der Waals surface area contributed by atoms with Crippen LogP contribution in [0.25, 0.3) is 11.2 Å². The van der Waals surface area contributed by atoms with Gasteiger partial charge in [0, 0.05) is 38.3 Å². The first-order valence-electron chi connectivity index (χ1n) is 8.18. The number of halogens is 2. The van der Waals surface area contributed by atoms with E-state index in [0.717, 1.165) is 37.0 Å². The number of H-pyrrole nitrogens is 1. The number of hydrogen-bond donors (Lipinski definition) is 1. The van der Waals surface area contributed by atoms with Crippen molar-refractivity contribution in [3.8, 4) is 0 Å². The van der Waals surface area contributed by atoms with Gasteiger partial charge in [0.2, 0.25) is 0 Å². The molecule has 1 fully saturated rings. The molecule has 6 nitrogen and oxygen atoms in total. The predicted molar refractivity (Wildman–Crippen MR) is 90.1 cm³/mol. The molecular formula is C17H18F2N6. The molecule has 3 aromatic rings. The number of benzene rings is 1. The van der Waals surface area contributed by atoms with Crippen molar-refractivity contribution >= 4 is 17.0 Å². The van der Waals surface area contributed by atoms with Gasteiger partial charge in [-0.25, -0.2) is 23.7 Å². The van der Waals surface area contributed by atoms with Gasteiger partial charge in [-0.15, -0.1) is 0 Å². The first-order valence-corrected chi connectivity index (χ1v) is 8.18. The topological polar surface area (TPSA) is 60.9 Å². The Balaban J connectivity index is 1.49. The van der Waals surface area contributed by atoms with E-state index in [1.54, 1.807) is 6.33 Å². The fourth-order valence-electron chi connectivity index (χ4n) is 3.35. The second kappa shape index (κ2) is 6.36. The third kappa shape index (κ3) is 3.17. The second-order valence-corrected chi connectivity index (χ2v) is 6.34. The first-order chi connectivity index (χ1) is 12.1. The van der Waals surface area contributed by atoms with Gasteiger partial charge >= 0.3 is 0 Å². The average molecular weight is 344 g/mol. The molecule has 3 heterocycles. The lowest BCUT2D eigenvalue weighted by Crippen LogP contribution is -2.51. The van der Waals surface area contributed by atoms with Crippen LogP contribution in [0.15, 0.2) is 30.9 Å². The summed E-state index contributed by atoms with van der Waals surface area (Å²) < 4.78 is 26.8. The highest BCUT2D eigenvalue weighted by atomic mass is 19.1. The van der Waals surface area contributed by atoms with E-state index in [9.17, 15) is 8.78 Å². The van der Waals surface area contributed by atoms with Gasteiger partial charge in [0.05, 0.1) is 6.33 Å². The van der Waals surface area contributed by atoms with Crippen LogP contribution in [0.2, 0.25) is 0 Å². The summed E-state index contributed by atoms with van der Waals surface area (Å²) in [4.78, 5) is 20.2. The number of hydrogen-bond acceptors (Lipinski definition) is 5. The Morgan fingerprint density at radius 1 is 1.12 bits per heavy atom. The van der Waals surface area contributed by atoms with Crippen LogP contribution in [0.1, 0.15) is 12.5 Å². The summed E-state index contributed by atoms with van der Waals surface area (Å²) in [6, 6.07) is 3.89. The Bertz CT molecular complexity index is 875. The molecule has 0 spiro atoms. The fourth-order valence-corrected chi connectivity index (χ4v) is 3.35. The van der Waals surface area contributed by atoms with Crippen molar-refractivity contribution in [3.63, 3.8) is 0 Å². The maximum absolute atomic E-state index is 13.4. The molecule has 4 rings (SSSR count). The molecule has 0 bridgehead atoms. The molecule has 1 atom stereocenters. The summed E-state index contributed by atoms with van der Waals surface area (Å²) in [6.45, 7) is 4.94. The summed E-state index contributed by atoms with van der Waals surface area (Å²) in [5, 5.41) is 0. The minimum absolute atomic E-state index is 0.216. The molecule has 2 aromatic heterocycles. The van der Waals surface area contributed by atoms with E-state index < -0.39 is 11.6 Å². The Morgan fingerprint density at radius 3 is 2.68 bits per heavy atom. The third-order valence-electron chi connectivity index (χ3n) is 4.58. The van der Waals surface area contributed by atoms with Crippen LogP contribution in [-0.4, -0.2) is 50.5 Å². The zero-order valence-corrected chi connectivity index (χ0v) is 13.8. The lowest BCUT2D eigenvalue weighted by atomic mass is 10.1. The molecule has 1 N–H and O–H groups in total. The molecule has 0 aliphatic carbocycles. The Morgan fingerprint density at radius 2 is 1.92 bits per heavy atom. The first kappa shape index (κ1) is 15.9. The van der Waals surface area contributed by atoms with Crippen molar-refractivity contribution in [1.29, 1.82) is 0 Å². The van der Waals surface area contributed by atoms with Gasteiger partial charge in [-0.1, -0.05) is 0 Å². The number of imidazole rings is 1. The monoisotopic (exact) mass is 344 g/mol. The van der Waals surface area contributed by atoms with Crippen molar-refractivity contribution in [2.24, 2.45) is 0 Å². The minimum Gasteiger partial charge on any atom is -0.352 e. The van der Waals surface area contributed by atoms with Crippen molar-refractivity contribution in [1.82, 2.24) is 24.8 Å². The SMILES string of the molecule is CC1CN(c2ncnc3nc[nH]c23)CCN1Cc1cc(F)cc(F)c1. The molecule has 1 aliphatic rings. The summed E-state index contributed by atoms with van der Waals surface area (Å²) >= 11 is 0. The number of nitrogens with zero attached hydrogens (tertiary/aromatic N) is 5. The highest BCUT2D eigenvalue weighted by molar-refractivity contribution is 5.82. The van der Waals surface area contributed by atoms with E-state index in [0.29, 0.717) is 17.8 Å². The lowest BCUT2D eigenvalue weighted by molar-refractivity contribution is 0.180. The number of aromatic nitrogens is 4. The maximum atomic E-state index is 13.4. The summed E-state index contributed by atoms with van der Waals surface area (Å²) in [7, 11) is 0. The maximum Gasteiger partial charge on any atom is 0.182 e. The van der Waals surface area contributed by atoms with Gasteiger partial charge in [0.1, 0.15) is 23.5 Å². The standard InChI is InChI=1S/C17H18F2N6/c1-11-7-25(17-15-16(21-9-20-15)22-10-23-17)3-2-24(11)8-12-4-13(18)6-14(19)5-12/h4-6,9-11H,2-3,7-8H2,1H3,(H,20,21,22,23). The van der Waals surface area contributed by atoms with E-state index in [-0.39, 0.29) is 6.04 Å². The van der Waals surface area contributed by atoms with Gasteiger partial charge in [0.15, 0.2) is 11.5 Å². The van der Waals surface area contributed by atoms with Crippen LogP contribution in [0.5, 0.6) is 0 Å². The van der Waals surface area contributed by atoms with E-state index in [1.807, 2.05) is 0 Å². The third-order valence-corrected chi connectivity index (χ3v) is 4.58. The van der Waals surface area contributed by atoms with E-state index >= 15 is 0 Å². The van der Waals surface area contributed by atoms with Gasteiger partial charge < -0.3 is 9.88 Å². The van der Waals surface area contributed by atoms with Crippen LogP contribution in [0, 0.1) is 11.6 Å². The van der Waals surface area contributed by atoms with E-state index in [2.05, 4.69) is 36.7 Å². The van der Waals surface area contributed by atoms with Gasteiger partial charge in [-0.3, -0.25) is 4.90 Å². The van der Waals surface area contributed by atoms with E-state index in [1.165, 1.54) is 18.5 Å². The zero-order valence-electron chi connectivity index (χ0n) is 13.8. The van der Waals surface area contributed by atoms with Crippen molar-refractivity contribution in [3.05, 3.63) is 48.1 Å². The van der Waals surface area contributed by atoms with Crippen LogP contribution >= 0.6 is 0 Å². The molecule has 0 radical (unpaired) electrons. The second-order valence-electron chi connectivity index (χ2n) is 6.34. The largest absolute Gasteiger partial charge is 0.352 e. The van der Waals surface area contributed by atoms with Crippen LogP contribution in [0.3, 0.4) is 0 Å². The molecule has 0 amide bonds. The van der Waals surface area contributed by atoms with Crippen LogP contribution in [-0.2, 0) is 6.54 Å². The Kier molecular flexibility index (Phi) is 4.04. The molecule has 25 heavy (non-hydrogen) atoms.